The molecule has 0 spiro atoms. The van der Waals surface area contributed by atoms with E-state index in [2.05, 4.69) is 0 Å². The highest BCUT2D eigenvalue weighted by Crippen LogP contribution is 2.32. The smallest absolute Gasteiger partial charge is 0.328 e. The molecule has 0 aromatic heterocycles. The Morgan fingerprint density at radius 1 is 1.05 bits per heavy atom. The maximum Gasteiger partial charge on any atom is 0.328 e. The Kier molecular flexibility index (Phi) is 4.43. The summed E-state index contributed by atoms with van der Waals surface area (Å²) in [5, 5.41) is 9.18. The van der Waals surface area contributed by atoms with Gasteiger partial charge in [-0.05, 0) is 37.1 Å². The van der Waals surface area contributed by atoms with Crippen molar-refractivity contribution in [1.82, 2.24) is 0 Å². The molecule has 0 heterocycles. The third kappa shape index (κ3) is 3.51. The van der Waals surface area contributed by atoms with Crippen molar-refractivity contribution in [3.05, 3.63) is 70.8 Å². The van der Waals surface area contributed by atoms with Gasteiger partial charge in [-0.15, -0.1) is 0 Å². The number of aryl methyl sites for hydroxylation is 2. The Morgan fingerprint density at radius 2 is 1.67 bits per heavy atom. The van der Waals surface area contributed by atoms with Gasteiger partial charge in [0, 0.05) is 11.6 Å². The molecular weight excluding hydrogens is 264 g/mol. The summed E-state index contributed by atoms with van der Waals surface area (Å²) >= 11 is 0. The first kappa shape index (κ1) is 14.9. The normalized spacial score (nSPS) is 11.3. The molecule has 108 valence electrons. The zero-order valence-corrected chi connectivity index (χ0v) is 12.4. The zero-order chi connectivity index (χ0) is 15.4. The van der Waals surface area contributed by atoms with Gasteiger partial charge >= 0.3 is 5.97 Å². The fourth-order valence-corrected chi connectivity index (χ4v) is 2.21. The Labute approximate surface area is 124 Å². The van der Waals surface area contributed by atoms with E-state index in [1.807, 2.05) is 56.3 Å². The van der Waals surface area contributed by atoms with Crippen LogP contribution in [0, 0.1) is 13.8 Å². The Morgan fingerprint density at radius 3 is 2.24 bits per heavy atom. The predicted octanol–water partition coefficient (Wildman–Crippen LogP) is 3.83. The van der Waals surface area contributed by atoms with E-state index in [4.69, 9.17) is 4.74 Å². The topological polar surface area (TPSA) is 46.5 Å². The van der Waals surface area contributed by atoms with Gasteiger partial charge in [0.2, 0.25) is 0 Å². The number of methoxy groups -OCH3 is 1. The second kappa shape index (κ2) is 6.27. The molecule has 1 N–H and O–H groups in total. The summed E-state index contributed by atoms with van der Waals surface area (Å²) in [6.07, 6.45) is 1.22. The number of carboxylic acid groups (broad SMARTS) is 1. The molecule has 0 amide bonds. The number of aliphatic carboxylic acids is 1. The summed E-state index contributed by atoms with van der Waals surface area (Å²) in [5.41, 5.74) is 4.46. The first-order valence-corrected chi connectivity index (χ1v) is 6.68. The molecule has 3 heteroatoms. The molecule has 0 aliphatic heterocycles. The SMILES string of the molecule is COc1ccc(C)cc1/C(=C/C(=O)O)c1ccc(C)cc1. The third-order valence-corrected chi connectivity index (χ3v) is 3.28. The second-order valence-corrected chi connectivity index (χ2v) is 4.97. The van der Waals surface area contributed by atoms with Gasteiger partial charge in [-0.3, -0.25) is 0 Å². The summed E-state index contributed by atoms with van der Waals surface area (Å²) in [6, 6.07) is 13.5. The van der Waals surface area contributed by atoms with Crippen molar-refractivity contribution in [1.29, 1.82) is 0 Å². The van der Waals surface area contributed by atoms with Crippen LogP contribution in [0.5, 0.6) is 5.75 Å². The van der Waals surface area contributed by atoms with Crippen LogP contribution in [0.25, 0.3) is 5.57 Å². The summed E-state index contributed by atoms with van der Waals surface area (Å²) in [7, 11) is 1.59. The van der Waals surface area contributed by atoms with Crippen LogP contribution in [0.4, 0.5) is 0 Å². The molecule has 0 saturated carbocycles. The molecule has 2 aromatic carbocycles. The maximum absolute atomic E-state index is 11.2. The molecule has 2 rings (SSSR count). The monoisotopic (exact) mass is 282 g/mol. The fraction of sp³-hybridized carbons (Fsp3) is 0.167. The lowest BCUT2D eigenvalue weighted by Gasteiger charge is -2.13. The van der Waals surface area contributed by atoms with Crippen LogP contribution >= 0.6 is 0 Å². The van der Waals surface area contributed by atoms with Crippen molar-refractivity contribution in [2.45, 2.75) is 13.8 Å². The van der Waals surface area contributed by atoms with Crippen LogP contribution in [0.15, 0.2) is 48.5 Å². The van der Waals surface area contributed by atoms with Crippen LogP contribution in [0.1, 0.15) is 22.3 Å². The molecule has 2 aromatic rings. The van der Waals surface area contributed by atoms with Crippen molar-refractivity contribution in [3.8, 4) is 5.75 Å². The number of hydrogen-bond donors (Lipinski definition) is 1. The Bertz CT molecular complexity index is 682. The average molecular weight is 282 g/mol. The molecule has 0 saturated heterocycles. The number of carbonyl (C=O) groups is 1. The minimum Gasteiger partial charge on any atom is -0.496 e. The van der Waals surface area contributed by atoms with Crippen LogP contribution in [0.3, 0.4) is 0 Å². The van der Waals surface area contributed by atoms with Crippen LogP contribution in [-0.2, 0) is 4.79 Å². The number of ether oxygens (including phenoxy) is 1. The molecule has 0 atom stereocenters. The van der Waals surface area contributed by atoms with Crippen molar-refractivity contribution >= 4 is 11.5 Å². The second-order valence-electron chi connectivity index (χ2n) is 4.97. The first-order valence-electron chi connectivity index (χ1n) is 6.68. The maximum atomic E-state index is 11.2. The highest BCUT2D eigenvalue weighted by molar-refractivity contribution is 5.96. The van der Waals surface area contributed by atoms with Crippen molar-refractivity contribution < 1.29 is 14.6 Å². The molecule has 3 nitrogen and oxygen atoms in total. The lowest BCUT2D eigenvalue weighted by molar-refractivity contribution is -0.131. The Hall–Kier alpha value is -2.55. The molecule has 21 heavy (non-hydrogen) atoms. The van der Waals surface area contributed by atoms with Gasteiger partial charge in [0.15, 0.2) is 0 Å². The number of hydrogen-bond acceptors (Lipinski definition) is 2. The van der Waals surface area contributed by atoms with E-state index in [1.54, 1.807) is 7.11 Å². The van der Waals surface area contributed by atoms with E-state index < -0.39 is 5.97 Å². The van der Waals surface area contributed by atoms with Gasteiger partial charge < -0.3 is 9.84 Å². The van der Waals surface area contributed by atoms with E-state index in [0.29, 0.717) is 11.3 Å². The lowest BCUT2D eigenvalue weighted by Crippen LogP contribution is -1.98. The summed E-state index contributed by atoms with van der Waals surface area (Å²) < 4.78 is 5.37. The molecule has 0 bridgehead atoms. The fourth-order valence-electron chi connectivity index (χ4n) is 2.21. The van der Waals surface area contributed by atoms with Crippen molar-refractivity contribution in [2.24, 2.45) is 0 Å². The minimum atomic E-state index is -0.978. The standard InChI is InChI=1S/C18H18O3/c1-12-4-7-14(8-5-12)15(11-18(19)20)16-10-13(2)6-9-17(16)21-3/h4-11H,1-3H3,(H,19,20)/b15-11+. The van der Waals surface area contributed by atoms with E-state index in [9.17, 15) is 9.90 Å². The van der Waals surface area contributed by atoms with Gasteiger partial charge in [0.25, 0.3) is 0 Å². The zero-order valence-electron chi connectivity index (χ0n) is 12.4. The highest BCUT2D eigenvalue weighted by atomic mass is 16.5. The number of rotatable bonds is 4. The molecular formula is C18H18O3. The molecule has 0 fully saturated rings. The number of benzene rings is 2. The van der Waals surface area contributed by atoms with Crippen LogP contribution in [0.2, 0.25) is 0 Å². The van der Waals surface area contributed by atoms with Gasteiger partial charge in [0.1, 0.15) is 5.75 Å². The summed E-state index contributed by atoms with van der Waals surface area (Å²) in [5.74, 6) is -0.317. The minimum absolute atomic E-state index is 0.642. The Balaban J connectivity index is 2.64. The molecule has 0 unspecified atom stereocenters. The van der Waals surface area contributed by atoms with Crippen LogP contribution < -0.4 is 4.74 Å². The largest absolute Gasteiger partial charge is 0.496 e. The molecule has 0 aliphatic carbocycles. The summed E-state index contributed by atoms with van der Waals surface area (Å²) in [6.45, 7) is 3.97. The van der Waals surface area contributed by atoms with Crippen molar-refractivity contribution in [2.75, 3.05) is 7.11 Å². The quantitative estimate of drug-likeness (QED) is 0.867. The predicted molar refractivity (Wildman–Crippen MR) is 83.6 cm³/mol. The highest BCUT2D eigenvalue weighted by Gasteiger charge is 2.13. The summed E-state index contributed by atoms with van der Waals surface area (Å²) in [4.78, 5) is 11.2. The first-order chi connectivity index (χ1) is 10.0. The van der Waals surface area contributed by atoms with E-state index in [1.165, 1.54) is 6.08 Å². The van der Waals surface area contributed by atoms with E-state index in [-0.39, 0.29) is 0 Å². The van der Waals surface area contributed by atoms with Crippen molar-refractivity contribution in [3.63, 3.8) is 0 Å². The van der Waals surface area contributed by atoms with Gasteiger partial charge in [-0.2, -0.15) is 0 Å². The number of carboxylic acids is 1. The molecule has 0 radical (unpaired) electrons. The van der Waals surface area contributed by atoms with E-state index >= 15 is 0 Å². The average Bonchev–Trinajstić information content (AvgIpc) is 2.45. The van der Waals surface area contributed by atoms with Gasteiger partial charge in [-0.1, -0.05) is 41.5 Å². The lowest BCUT2D eigenvalue weighted by atomic mass is 9.95. The van der Waals surface area contributed by atoms with Gasteiger partial charge in [-0.25, -0.2) is 4.79 Å². The van der Waals surface area contributed by atoms with E-state index in [0.717, 1.165) is 22.3 Å². The molecule has 0 aliphatic rings. The third-order valence-electron chi connectivity index (χ3n) is 3.28. The van der Waals surface area contributed by atoms with Gasteiger partial charge in [0.05, 0.1) is 7.11 Å². The van der Waals surface area contributed by atoms with Crippen LogP contribution in [-0.4, -0.2) is 18.2 Å².